The van der Waals surface area contributed by atoms with E-state index < -0.39 is 5.54 Å². The highest BCUT2D eigenvalue weighted by molar-refractivity contribution is 6.07. The Balaban J connectivity index is 1.60. The van der Waals surface area contributed by atoms with E-state index >= 15 is 0 Å². The van der Waals surface area contributed by atoms with Crippen LogP contribution in [0.1, 0.15) is 50.2 Å². The number of piperidine rings is 1. The standard InChI is InChI=1S/C20H27N3O2/c1-15-9-12-22(13-10-15)14-23-18(24)20(21-19(23)25)11-5-4-7-16-6-2-3-8-17(16)20/h2-3,6,8,15H,4-5,7,9-14H2,1H3,(H,21,25). The van der Waals surface area contributed by atoms with E-state index in [1.54, 1.807) is 0 Å². The van der Waals surface area contributed by atoms with E-state index in [4.69, 9.17) is 0 Å². The summed E-state index contributed by atoms with van der Waals surface area (Å²) in [6, 6.07) is 7.87. The van der Waals surface area contributed by atoms with Gasteiger partial charge in [0.1, 0.15) is 5.54 Å². The van der Waals surface area contributed by atoms with Gasteiger partial charge in [-0.2, -0.15) is 0 Å². The number of urea groups is 1. The van der Waals surface area contributed by atoms with Gasteiger partial charge in [-0.25, -0.2) is 9.69 Å². The molecule has 3 amide bonds. The third-order valence-corrected chi connectivity index (χ3v) is 6.12. The maximum Gasteiger partial charge on any atom is 0.326 e. The average molecular weight is 341 g/mol. The molecule has 1 unspecified atom stereocenters. The first-order chi connectivity index (χ1) is 12.1. The minimum Gasteiger partial charge on any atom is -0.319 e. The average Bonchev–Trinajstić information content (AvgIpc) is 2.76. The van der Waals surface area contributed by atoms with Crippen LogP contribution in [-0.4, -0.2) is 41.5 Å². The van der Waals surface area contributed by atoms with Crippen molar-refractivity contribution in [3.63, 3.8) is 0 Å². The molecule has 1 aromatic rings. The highest BCUT2D eigenvalue weighted by atomic mass is 16.2. The van der Waals surface area contributed by atoms with Crippen LogP contribution in [0.5, 0.6) is 0 Å². The first-order valence-electron chi connectivity index (χ1n) is 9.55. The van der Waals surface area contributed by atoms with Gasteiger partial charge in [-0.3, -0.25) is 9.69 Å². The zero-order chi connectivity index (χ0) is 17.4. The van der Waals surface area contributed by atoms with Crippen molar-refractivity contribution < 1.29 is 9.59 Å². The molecule has 2 fully saturated rings. The lowest BCUT2D eigenvalue weighted by atomic mass is 9.84. The topological polar surface area (TPSA) is 52.6 Å². The Morgan fingerprint density at radius 1 is 1.16 bits per heavy atom. The molecule has 134 valence electrons. The third kappa shape index (κ3) is 2.84. The van der Waals surface area contributed by atoms with E-state index in [2.05, 4.69) is 23.2 Å². The summed E-state index contributed by atoms with van der Waals surface area (Å²) in [5.41, 5.74) is 1.34. The van der Waals surface area contributed by atoms with Crippen molar-refractivity contribution in [3.8, 4) is 0 Å². The molecule has 1 N–H and O–H groups in total. The Bertz CT molecular complexity index is 681. The molecule has 5 heteroatoms. The number of carbonyl (C=O) groups excluding carboxylic acids is 2. The molecule has 2 saturated heterocycles. The summed E-state index contributed by atoms with van der Waals surface area (Å²) >= 11 is 0. The number of carbonyl (C=O) groups is 2. The van der Waals surface area contributed by atoms with E-state index in [1.807, 2.05) is 18.2 Å². The van der Waals surface area contributed by atoms with Gasteiger partial charge in [0.2, 0.25) is 0 Å². The van der Waals surface area contributed by atoms with Crippen LogP contribution in [0.15, 0.2) is 24.3 Å². The van der Waals surface area contributed by atoms with E-state index in [0.29, 0.717) is 13.1 Å². The number of likely N-dealkylation sites (tertiary alicyclic amines) is 1. The summed E-state index contributed by atoms with van der Waals surface area (Å²) in [6.07, 6.45) is 5.96. The molecule has 4 rings (SSSR count). The molecule has 5 nitrogen and oxygen atoms in total. The fraction of sp³-hybridized carbons (Fsp3) is 0.600. The predicted octanol–water partition coefficient (Wildman–Crippen LogP) is 2.85. The molecule has 1 atom stereocenters. The quantitative estimate of drug-likeness (QED) is 0.842. The third-order valence-electron chi connectivity index (χ3n) is 6.12. The van der Waals surface area contributed by atoms with Gasteiger partial charge in [0.05, 0.1) is 6.67 Å². The zero-order valence-corrected chi connectivity index (χ0v) is 15.0. The molecule has 1 aromatic carbocycles. The second-order valence-electron chi connectivity index (χ2n) is 7.87. The van der Waals surface area contributed by atoms with Crippen LogP contribution in [0, 0.1) is 5.92 Å². The number of hydrogen-bond donors (Lipinski definition) is 1. The van der Waals surface area contributed by atoms with E-state index in [9.17, 15) is 9.59 Å². The Kier molecular flexibility index (Phi) is 4.28. The van der Waals surface area contributed by atoms with Gasteiger partial charge < -0.3 is 5.32 Å². The van der Waals surface area contributed by atoms with E-state index in [-0.39, 0.29) is 11.9 Å². The van der Waals surface area contributed by atoms with E-state index in [0.717, 1.165) is 56.7 Å². The molecular formula is C20H27N3O2. The smallest absolute Gasteiger partial charge is 0.319 e. The molecule has 1 spiro atoms. The van der Waals surface area contributed by atoms with Crippen molar-refractivity contribution >= 4 is 11.9 Å². The second kappa shape index (κ2) is 6.45. The highest BCUT2D eigenvalue weighted by Gasteiger charge is 2.53. The monoisotopic (exact) mass is 341 g/mol. The maximum atomic E-state index is 13.4. The lowest BCUT2D eigenvalue weighted by Gasteiger charge is -2.33. The van der Waals surface area contributed by atoms with Crippen LogP contribution >= 0.6 is 0 Å². The van der Waals surface area contributed by atoms with Crippen LogP contribution in [0.25, 0.3) is 0 Å². The molecular weight excluding hydrogens is 314 g/mol. The minimum atomic E-state index is -0.854. The van der Waals surface area contributed by atoms with Crippen molar-refractivity contribution in [2.45, 2.75) is 51.0 Å². The van der Waals surface area contributed by atoms with E-state index in [1.165, 1.54) is 10.5 Å². The lowest BCUT2D eigenvalue weighted by molar-refractivity contribution is -0.133. The maximum absolute atomic E-state index is 13.4. The van der Waals surface area contributed by atoms with Gasteiger partial charge in [-0.15, -0.1) is 0 Å². The number of rotatable bonds is 2. The molecule has 0 radical (unpaired) electrons. The number of nitrogens with one attached hydrogen (secondary N) is 1. The second-order valence-corrected chi connectivity index (χ2v) is 7.87. The predicted molar refractivity (Wildman–Crippen MR) is 95.9 cm³/mol. The van der Waals surface area contributed by atoms with Gasteiger partial charge in [0, 0.05) is 13.1 Å². The zero-order valence-electron chi connectivity index (χ0n) is 15.0. The largest absolute Gasteiger partial charge is 0.326 e. The van der Waals surface area contributed by atoms with Gasteiger partial charge in [0.25, 0.3) is 5.91 Å². The fourth-order valence-electron chi connectivity index (χ4n) is 4.50. The number of fused-ring (bicyclic) bond motifs is 2. The SMILES string of the molecule is CC1CCN(CN2C(=O)NC3(CCCCc4ccccc43)C2=O)CC1. The Hall–Kier alpha value is -1.88. The Morgan fingerprint density at radius 2 is 1.92 bits per heavy atom. The molecule has 0 aromatic heterocycles. The molecule has 0 bridgehead atoms. The van der Waals surface area contributed by atoms with Gasteiger partial charge in [-0.1, -0.05) is 31.2 Å². The summed E-state index contributed by atoms with van der Waals surface area (Å²) in [7, 11) is 0. The first kappa shape index (κ1) is 16.6. The van der Waals surface area contributed by atoms with Gasteiger partial charge in [-0.05, 0) is 55.6 Å². The number of imide groups is 1. The molecule has 3 aliphatic rings. The number of benzene rings is 1. The molecule has 0 saturated carbocycles. The summed E-state index contributed by atoms with van der Waals surface area (Å²) in [5, 5.41) is 3.07. The Labute approximate surface area is 149 Å². The van der Waals surface area contributed by atoms with Crippen LogP contribution in [0.4, 0.5) is 4.79 Å². The van der Waals surface area contributed by atoms with Crippen LogP contribution in [0.2, 0.25) is 0 Å². The fourth-order valence-corrected chi connectivity index (χ4v) is 4.50. The van der Waals surface area contributed by atoms with Crippen molar-refractivity contribution in [2.75, 3.05) is 19.8 Å². The number of amides is 3. The normalized spacial score (nSPS) is 28.1. The summed E-state index contributed by atoms with van der Waals surface area (Å²) < 4.78 is 0. The Morgan fingerprint density at radius 3 is 2.72 bits per heavy atom. The summed E-state index contributed by atoms with van der Waals surface area (Å²) in [5.74, 6) is 0.671. The summed E-state index contributed by atoms with van der Waals surface area (Å²) in [6.45, 7) is 4.60. The first-order valence-corrected chi connectivity index (χ1v) is 9.55. The number of hydrogen-bond acceptors (Lipinski definition) is 3. The molecule has 2 aliphatic heterocycles. The van der Waals surface area contributed by atoms with Gasteiger partial charge >= 0.3 is 6.03 Å². The van der Waals surface area contributed by atoms with Gasteiger partial charge in [0.15, 0.2) is 0 Å². The molecule has 25 heavy (non-hydrogen) atoms. The van der Waals surface area contributed by atoms with Crippen molar-refractivity contribution in [1.82, 2.24) is 15.1 Å². The van der Waals surface area contributed by atoms with Crippen LogP contribution < -0.4 is 5.32 Å². The van der Waals surface area contributed by atoms with Crippen molar-refractivity contribution in [3.05, 3.63) is 35.4 Å². The van der Waals surface area contributed by atoms with Crippen molar-refractivity contribution in [1.29, 1.82) is 0 Å². The van der Waals surface area contributed by atoms with Crippen LogP contribution in [0.3, 0.4) is 0 Å². The molecule has 1 aliphatic carbocycles. The summed E-state index contributed by atoms with van der Waals surface area (Å²) in [4.78, 5) is 29.7. The highest BCUT2D eigenvalue weighted by Crippen LogP contribution is 2.39. The minimum absolute atomic E-state index is 0.0644. The molecule has 2 heterocycles. The van der Waals surface area contributed by atoms with Crippen molar-refractivity contribution in [2.24, 2.45) is 5.92 Å². The number of aryl methyl sites for hydroxylation is 1. The number of nitrogens with zero attached hydrogens (tertiary/aromatic N) is 2. The lowest BCUT2D eigenvalue weighted by Crippen LogP contribution is -2.47. The van der Waals surface area contributed by atoms with Crippen LogP contribution in [-0.2, 0) is 16.8 Å².